The Bertz CT molecular complexity index is 3010. The highest BCUT2D eigenvalue weighted by atomic mass is 15.0. The van der Waals surface area contributed by atoms with Crippen LogP contribution in [0, 0.1) is 0 Å². The second kappa shape index (κ2) is 12.2. The average Bonchev–Trinajstić information content (AvgIpc) is 3.61. The summed E-state index contributed by atoms with van der Waals surface area (Å²) in [7, 11) is 0. The van der Waals surface area contributed by atoms with Crippen LogP contribution in [0.1, 0.15) is 12.3 Å². The monoisotopic (exact) mass is 635 g/mol. The first kappa shape index (κ1) is 20.6. The minimum absolute atomic E-state index is 0.00552. The van der Waals surface area contributed by atoms with Crippen molar-refractivity contribution < 1.29 is 12.3 Å². The van der Waals surface area contributed by atoms with Gasteiger partial charge in [-0.25, -0.2) is 15.0 Å². The van der Waals surface area contributed by atoms with E-state index in [-0.39, 0.29) is 46.7 Å². The van der Waals surface area contributed by atoms with E-state index in [2.05, 4.69) is 0 Å². The van der Waals surface area contributed by atoms with Crippen LogP contribution in [-0.2, 0) is 0 Å². The summed E-state index contributed by atoms with van der Waals surface area (Å²) in [6, 6.07) is 36.7. The van der Waals surface area contributed by atoms with Crippen LogP contribution < -0.4 is 0 Å². The molecule has 4 heteroatoms. The van der Waals surface area contributed by atoms with E-state index in [1.165, 1.54) is 0 Å². The van der Waals surface area contributed by atoms with Crippen molar-refractivity contribution >= 4 is 21.8 Å². The molecule has 2 aromatic heterocycles. The maximum absolute atomic E-state index is 8.98. The third kappa shape index (κ3) is 5.35. The quantitative estimate of drug-likeness (QED) is 0.183. The molecule has 0 unspecified atom stereocenters. The molecule has 7 aromatic carbocycles. The van der Waals surface area contributed by atoms with Gasteiger partial charge in [0.15, 0.2) is 17.5 Å². The molecule has 230 valence electrons. The molecule has 0 saturated carbocycles. The van der Waals surface area contributed by atoms with E-state index in [1.807, 2.05) is 109 Å². The van der Waals surface area contributed by atoms with E-state index >= 15 is 0 Å². The second-order valence-electron chi connectivity index (χ2n) is 11.5. The second-order valence-corrected chi connectivity index (χ2v) is 11.5. The number of hydrogen-bond acceptors (Lipinski definition) is 3. The van der Waals surface area contributed by atoms with E-state index in [0.29, 0.717) is 39.6 Å². The maximum atomic E-state index is 8.98. The van der Waals surface area contributed by atoms with E-state index in [9.17, 15) is 0 Å². The Morgan fingerprint density at radius 1 is 0.367 bits per heavy atom. The lowest BCUT2D eigenvalue weighted by molar-refractivity contribution is 1.07. The van der Waals surface area contributed by atoms with Crippen molar-refractivity contribution in [2.45, 2.75) is 0 Å². The molecule has 4 nitrogen and oxygen atoms in total. The van der Waals surface area contributed by atoms with Crippen LogP contribution in [-0.4, -0.2) is 19.5 Å². The Morgan fingerprint density at radius 2 is 0.918 bits per heavy atom. The zero-order valence-electron chi connectivity index (χ0n) is 34.9. The average molecular weight is 636 g/mol. The first-order valence-corrected chi connectivity index (χ1v) is 15.7. The largest absolute Gasteiger partial charge is 0.309 e. The lowest BCUT2D eigenvalue weighted by Crippen LogP contribution is -2.00. The van der Waals surface area contributed by atoms with Gasteiger partial charge in [-0.3, -0.25) is 0 Å². The van der Waals surface area contributed by atoms with Gasteiger partial charge in [0.25, 0.3) is 0 Å². The smallest absolute Gasteiger partial charge is 0.164 e. The normalized spacial score (nSPS) is 13.8. The summed E-state index contributed by atoms with van der Waals surface area (Å²) in [4.78, 5) is 14.6. The molecule has 49 heavy (non-hydrogen) atoms. The van der Waals surface area contributed by atoms with Gasteiger partial charge < -0.3 is 4.57 Å². The molecule has 0 bridgehead atoms. The molecule has 0 radical (unpaired) electrons. The van der Waals surface area contributed by atoms with Crippen LogP contribution in [0.25, 0.3) is 83.9 Å². The van der Waals surface area contributed by atoms with Gasteiger partial charge in [-0.05, 0) is 58.6 Å². The van der Waals surface area contributed by atoms with E-state index < -0.39 is 24.2 Å². The predicted octanol–water partition coefficient (Wildman–Crippen LogP) is 11.3. The van der Waals surface area contributed by atoms with E-state index in [0.717, 1.165) is 27.8 Å². The molecule has 9 aromatic rings. The molecular formula is C45H30N4. The summed E-state index contributed by atoms with van der Waals surface area (Å²) in [5, 5.41) is 0.708. The van der Waals surface area contributed by atoms with Crippen molar-refractivity contribution in [3.8, 4) is 62.1 Å². The van der Waals surface area contributed by atoms with Gasteiger partial charge in [0.05, 0.1) is 23.4 Å². The van der Waals surface area contributed by atoms with Gasteiger partial charge in [0.1, 0.15) is 0 Å². The van der Waals surface area contributed by atoms with E-state index in [1.54, 1.807) is 22.8 Å². The lowest BCUT2D eigenvalue weighted by Gasteiger charge is -2.11. The van der Waals surface area contributed by atoms with Crippen molar-refractivity contribution in [3.63, 3.8) is 0 Å². The molecule has 2 heterocycles. The van der Waals surface area contributed by atoms with Crippen molar-refractivity contribution in [2.24, 2.45) is 0 Å². The van der Waals surface area contributed by atoms with Gasteiger partial charge >= 0.3 is 0 Å². The first-order valence-electron chi connectivity index (χ1n) is 20.2. The summed E-state index contributed by atoms with van der Waals surface area (Å²) in [6.45, 7) is 0. The number of hydrogen-bond donors (Lipinski definition) is 0. The highest BCUT2D eigenvalue weighted by molar-refractivity contribution is 6.10. The van der Waals surface area contributed by atoms with Crippen LogP contribution in [0.15, 0.2) is 182 Å². The standard InChI is InChI=1S/C45H30N4/c1-4-13-31(14-5-1)36-25-28-42-40(30-36)39-21-10-11-22-41(39)49(42)38-26-23-32(24-27-38)35-19-12-20-37(29-35)45-47-43(33-15-6-2-7-16-33)46-44(48-45)34-17-8-3-9-18-34/h1-30H/i1D,4D,5D,10D,11D,13D,14D,21D,22D. The summed E-state index contributed by atoms with van der Waals surface area (Å²) in [6.07, 6.45) is 0. The van der Waals surface area contributed by atoms with Gasteiger partial charge in [0, 0.05) is 33.2 Å². The maximum Gasteiger partial charge on any atom is 0.164 e. The summed E-state index contributed by atoms with van der Waals surface area (Å²) in [5.41, 5.74) is 6.12. The molecule has 0 N–H and O–H groups in total. The first-order chi connectivity index (χ1) is 28.0. The zero-order chi connectivity index (χ0) is 40.4. The third-order valence-corrected chi connectivity index (χ3v) is 8.47. The van der Waals surface area contributed by atoms with Crippen LogP contribution in [0.3, 0.4) is 0 Å². The summed E-state index contributed by atoms with van der Waals surface area (Å²) < 4.78 is 78.3. The molecule has 0 atom stereocenters. The third-order valence-electron chi connectivity index (χ3n) is 8.47. The molecule has 0 saturated heterocycles. The van der Waals surface area contributed by atoms with Crippen molar-refractivity contribution in [3.05, 3.63) is 182 Å². The Balaban J connectivity index is 1.16. The SMILES string of the molecule is [2H]c1c([2H])c([2H])c(-c2ccc3c(c2)c2c([2H])c([2H])c([2H])c([2H])c2n3-c2ccc(-c3cccc(-c4nc(-c5ccccc5)nc(-c5ccccc5)n4)c3)cc2)c([2H])c1[2H]. The van der Waals surface area contributed by atoms with Crippen LogP contribution in [0.5, 0.6) is 0 Å². The fourth-order valence-electron chi connectivity index (χ4n) is 6.12. The van der Waals surface area contributed by atoms with Crippen LogP contribution in [0.2, 0.25) is 0 Å². The van der Waals surface area contributed by atoms with Gasteiger partial charge in [-0.2, -0.15) is 0 Å². The van der Waals surface area contributed by atoms with Crippen molar-refractivity contribution in [1.82, 2.24) is 19.5 Å². The fraction of sp³-hybridized carbons (Fsp3) is 0. The van der Waals surface area contributed by atoms with Gasteiger partial charge in [-0.15, -0.1) is 0 Å². The number of benzene rings is 7. The van der Waals surface area contributed by atoms with Crippen LogP contribution in [0.4, 0.5) is 0 Å². The van der Waals surface area contributed by atoms with Gasteiger partial charge in [0.2, 0.25) is 0 Å². The topological polar surface area (TPSA) is 43.6 Å². The Kier molecular flexibility index (Phi) is 5.11. The molecule has 0 aliphatic heterocycles. The summed E-state index contributed by atoms with van der Waals surface area (Å²) >= 11 is 0. The van der Waals surface area contributed by atoms with Crippen molar-refractivity contribution in [2.75, 3.05) is 0 Å². The Labute approximate surface area is 297 Å². The van der Waals surface area contributed by atoms with Crippen LogP contribution >= 0.6 is 0 Å². The summed E-state index contributed by atoms with van der Waals surface area (Å²) in [5.74, 6) is 1.64. The molecule has 0 aliphatic carbocycles. The van der Waals surface area contributed by atoms with Gasteiger partial charge in [-0.1, -0.05) is 145 Å². The van der Waals surface area contributed by atoms with Crippen molar-refractivity contribution in [1.29, 1.82) is 0 Å². The van der Waals surface area contributed by atoms with E-state index in [4.69, 9.17) is 27.3 Å². The number of aromatic nitrogens is 4. The molecule has 0 amide bonds. The fourth-order valence-corrected chi connectivity index (χ4v) is 6.12. The molecule has 9 rings (SSSR count). The number of para-hydroxylation sites is 1. The molecule has 0 aliphatic rings. The highest BCUT2D eigenvalue weighted by Crippen LogP contribution is 2.36. The Hall–Kier alpha value is -6.65. The highest BCUT2D eigenvalue weighted by Gasteiger charge is 2.15. The number of fused-ring (bicyclic) bond motifs is 3. The predicted molar refractivity (Wildman–Crippen MR) is 201 cm³/mol. The molecule has 0 fully saturated rings. The minimum Gasteiger partial charge on any atom is -0.309 e. The Morgan fingerprint density at radius 3 is 1.61 bits per heavy atom. The minimum atomic E-state index is -0.499. The number of nitrogens with zero attached hydrogens (tertiary/aromatic N) is 4. The zero-order valence-corrected chi connectivity index (χ0v) is 25.9. The lowest BCUT2D eigenvalue weighted by atomic mass is 10.0. The number of rotatable bonds is 6. The molecule has 0 spiro atoms. The molecular weight excluding hydrogens is 597 g/mol.